The fraction of sp³-hybridized carbons (Fsp3) is 0.500. The molecule has 1 saturated heterocycles. The fourth-order valence-corrected chi connectivity index (χ4v) is 4.12. The number of aliphatic carboxylic acids is 1. The average Bonchev–Trinajstić information content (AvgIpc) is 3.09. The van der Waals surface area contributed by atoms with Gasteiger partial charge in [-0.2, -0.15) is 0 Å². The monoisotopic (exact) mass is 360 g/mol. The van der Waals surface area contributed by atoms with Crippen LogP contribution in [0.5, 0.6) is 0 Å². The second-order valence-corrected chi connectivity index (χ2v) is 7.18. The molecule has 0 unspecified atom stereocenters. The Morgan fingerprint density at radius 3 is 2.84 bits per heavy atom. The second kappa shape index (κ2) is 8.51. The Morgan fingerprint density at radius 2 is 2.20 bits per heavy atom. The normalized spacial score (nSPS) is 16.4. The molecule has 25 heavy (non-hydrogen) atoms. The molecular formula is C18H24N4O2S. The highest BCUT2D eigenvalue weighted by molar-refractivity contribution is 7.13. The lowest BCUT2D eigenvalue weighted by molar-refractivity contribution is -0.139. The molecule has 7 heteroatoms. The Balaban J connectivity index is 1.52. The van der Waals surface area contributed by atoms with Gasteiger partial charge in [-0.3, -0.25) is 19.6 Å². The van der Waals surface area contributed by atoms with Crippen molar-refractivity contribution in [1.29, 1.82) is 0 Å². The minimum absolute atomic E-state index is 0.140. The zero-order valence-electron chi connectivity index (χ0n) is 14.5. The maximum Gasteiger partial charge on any atom is 0.317 e. The SMILES string of the molecule is CCN(CC(=O)O)C1CCN(Cc2csc(-c3ccccn3)n2)CC1. The Kier molecular flexibility index (Phi) is 6.12. The molecule has 3 heterocycles. The maximum atomic E-state index is 11.0. The number of nitrogens with zero attached hydrogens (tertiary/aromatic N) is 4. The molecule has 0 amide bonds. The van der Waals surface area contributed by atoms with Crippen molar-refractivity contribution in [2.45, 2.75) is 32.4 Å². The zero-order chi connectivity index (χ0) is 17.6. The molecule has 1 aliphatic heterocycles. The van der Waals surface area contributed by atoms with E-state index in [-0.39, 0.29) is 6.54 Å². The highest BCUT2D eigenvalue weighted by atomic mass is 32.1. The van der Waals surface area contributed by atoms with Crippen LogP contribution >= 0.6 is 11.3 Å². The number of likely N-dealkylation sites (N-methyl/N-ethyl adjacent to an activating group) is 1. The van der Waals surface area contributed by atoms with Crippen LogP contribution in [0.3, 0.4) is 0 Å². The Bertz CT molecular complexity index is 683. The summed E-state index contributed by atoms with van der Waals surface area (Å²) in [4.78, 5) is 24.5. The summed E-state index contributed by atoms with van der Waals surface area (Å²) in [6.45, 7) is 5.77. The van der Waals surface area contributed by atoms with Gasteiger partial charge in [-0.25, -0.2) is 4.98 Å². The summed E-state index contributed by atoms with van der Waals surface area (Å²) in [6, 6.07) is 6.24. The van der Waals surface area contributed by atoms with Crippen molar-refractivity contribution in [1.82, 2.24) is 19.8 Å². The summed E-state index contributed by atoms with van der Waals surface area (Å²) in [5.74, 6) is -0.742. The van der Waals surface area contributed by atoms with Gasteiger partial charge in [0.05, 0.1) is 17.9 Å². The van der Waals surface area contributed by atoms with E-state index in [9.17, 15) is 4.79 Å². The first kappa shape index (κ1) is 18.0. The van der Waals surface area contributed by atoms with E-state index < -0.39 is 5.97 Å². The van der Waals surface area contributed by atoms with E-state index in [1.165, 1.54) is 0 Å². The van der Waals surface area contributed by atoms with Crippen molar-refractivity contribution >= 4 is 17.3 Å². The number of aromatic nitrogens is 2. The summed E-state index contributed by atoms with van der Waals surface area (Å²) in [7, 11) is 0. The van der Waals surface area contributed by atoms with Crippen molar-refractivity contribution in [3.8, 4) is 10.7 Å². The Morgan fingerprint density at radius 1 is 1.40 bits per heavy atom. The number of piperidine rings is 1. The number of likely N-dealkylation sites (tertiary alicyclic amines) is 1. The highest BCUT2D eigenvalue weighted by Gasteiger charge is 2.25. The Hall–Kier alpha value is -1.83. The molecular weight excluding hydrogens is 336 g/mol. The van der Waals surface area contributed by atoms with E-state index in [1.807, 2.05) is 25.1 Å². The standard InChI is InChI=1S/C18H24N4O2S/c1-2-22(12-17(23)24)15-6-9-21(10-7-15)11-14-13-25-18(20-14)16-5-3-4-8-19-16/h3-5,8,13,15H,2,6-7,9-12H2,1H3,(H,23,24). The smallest absolute Gasteiger partial charge is 0.317 e. The lowest BCUT2D eigenvalue weighted by atomic mass is 10.0. The summed E-state index contributed by atoms with van der Waals surface area (Å²) in [5, 5.41) is 12.1. The van der Waals surface area contributed by atoms with Crippen LogP contribution in [0.1, 0.15) is 25.5 Å². The first-order valence-corrected chi connectivity index (χ1v) is 9.57. The molecule has 2 aromatic heterocycles. The van der Waals surface area contributed by atoms with Gasteiger partial charge in [-0.15, -0.1) is 11.3 Å². The van der Waals surface area contributed by atoms with Gasteiger partial charge in [-0.05, 0) is 31.5 Å². The van der Waals surface area contributed by atoms with Gasteiger partial charge in [0, 0.05) is 37.3 Å². The van der Waals surface area contributed by atoms with Crippen molar-refractivity contribution < 1.29 is 9.90 Å². The van der Waals surface area contributed by atoms with Crippen LogP contribution in [-0.4, -0.2) is 63.1 Å². The third kappa shape index (κ3) is 4.84. The van der Waals surface area contributed by atoms with Gasteiger partial charge < -0.3 is 5.11 Å². The van der Waals surface area contributed by atoms with Crippen LogP contribution in [0.4, 0.5) is 0 Å². The van der Waals surface area contributed by atoms with E-state index in [2.05, 4.69) is 20.2 Å². The quantitative estimate of drug-likeness (QED) is 0.818. The maximum absolute atomic E-state index is 11.0. The van der Waals surface area contributed by atoms with Gasteiger partial charge in [0.2, 0.25) is 0 Å². The number of hydrogen-bond acceptors (Lipinski definition) is 6. The van der Waals surface area contributed by atoms with Crippen molar-refractivity contribution in [3.63, 3.8) is 0 Å². The third-order valence-corrected chi connectivity index (χ3v) is 5.55. The fourth-order valence-electron chi connectivity index (χ4n) is 3.33. The van der Waals surface area contributed by atoms with E-state index in [0.29, 0.717) is 6.04 Å². The van der Waals surface area contributed by atoms with Crippen LogP contribution in [-0.2, 0) is 11.3 Å². The minimum Gasteiger partial charge on any atom is -0.480 e. The molecule has 0 aromatic carbocycles. The van der Waals surface area contributed by atoms with E-state index in [4.69, 9.17) is 10.1 Å². The molecule has 6 nitrogen and oxygen atoms in total. The first-order valence-electron chi connectivity index (χ1n) is 8.69. The lowest BCUT2D eigenvalue weighted by Gasteiger charge is -2.37. The van der Waals surface area contributed by atoms with E-state index >= 15 is 0 Å². The van der Waals surface area contributed by atoms with E-state index in [1.54, 1.807) is 17.5 Å². The molecule has 3 rings (SSSR count). The van der Waals surface area contributed by atoms with Gasteiger partial charge in [-0.1, -0.05) is 13.0 Å². The number of carboxylic acid groups (broad SMARTS) is 1. The number of carboxylic acids is 1. The number of pyridine rings is 1. The number of hydrogen-bond donors (Lipinski definition) is 1. The molecule has 0 spiro atoms. The van der Waals surface area contributed by atoms with Gasteiger partial charge in [0.25, 0.3) is 0 Å². The third-order valence-electron chi connectivity index (χ3n) is 4.64. The number of carbonyl (C=O) groups is 1. The van der Waals surface area contributed by atoms with Gasteiger partial charge in [0.15, 0.2) is 0 Å². The summed E-state index contributed by atoms with van der Waals surface area (Å²) in [6.07, 6.45) is 3.81. The molecule has 1 fully saturated rings. The molecule has 2 aromatic rings. The van der Waals surface area contributed by atoms with Crippen LogP contribution in [0.15, 0.2) is 29.8 Å². The van der Waals surface area contributed by atoms with E-state index in [0.717, 1.165) is 55.4 Å². The van der Waals surface area contributed by atoms with Gasteiger partial charge >= 0.3 is 5.97 Å². The average molecular weight is 360 g/mol. The molecule has 0 aliphatic carbocycles. The number of rotatable bonds is 7. The van der Waals surface area contributed by atoms with Crippen molar-refractivity contribution in [2.75, 3.05) is 26.2 Å². The van der Waals surface area contributed by atoms with Crippen LogP contribution < -0.4 is 0 Å². The molecule has 0 atom stereocenters. The minimum atomic E-state index is -0.742. The molecule has 0 radical (unpaired) electrons. The first-order chi connectivity index (χ1) is 12.2. The molecule has 1 N–H and O–H groups in total. The topological polar surface area (TPSA) is 69.6 Å². The van der Waals surface area contributed by atoms with Crippen LogP contribution in [0.25, 0.3) is 10.7 Å². The summed E-state index contributed by atoms with van der Waals surface area (Å²) in [5.41, 5.74) is 2.01. The predicted molar refractivity (Wildman–Crippen MR) is 98.5 cm³/mol. The lowest BCUT2D eigenvalue weighted by Crippen LogP contribution is -2.46. The zero-order valence-corrected chi connectivity index (χ0v) is 15.3. The predicted octanol–water partition coefficient (Wildman–Crippen LogP) is 2.58. The summed E-state index contributed by atoms with van der Waals surface area (Å²) >= 11 is 1.63. The molecule has 0 saturated carbocycles. The molecule has 0 bridgehead atoms. The van der Waals surface area contributed by atoms with Crippen molar-refractivity contribution in [3.05, 3.63) is 35.5 Å². The van der Waals surface area contributed by atoms with Gasteiger partial charge in [0.1, 0.15) is 5.01 Å². The van der Waals surface area contributed by atoms with Crippen molar-refractivity contribution in [2.24, 2.45) is 0 Å². The molecule has 134 valence electrons. The summed E-state index contributed by atoms with van der Waals surface area (Å²) < 4.78 is 0. The Labute approximate surface area is 152 Å². The highest BCUT2D eigenvalue weighted by Crippen LogP contribution is 2.23. The number of thiazole rings is 1. The largest absolute Gasteiger partial charge is 0.480 e. The second-order valence-electron chi connectivity index (χ2n) is 6.32. The van der Waals surface area contributed by atoms with Crippen LogP contribution in [0.2, 0.25) is 0 Å². The molecule has 1 aliphatic rings. The van der Waals surface area contributed by atoms with Crippen LogP contribution in [0, 0.1) is 0 Å².